The van der Waals surface area contributed by atoms with E-state index in [1.54, 1.807) is 16.9 Å². The molecule has 4 rings (SSSR count). The number of H-pyrrole nitrogens is 1. The minimum absolute atomic E-state index is 0.580. The second kappa shape index (κ2) is 4.52. The minimum Gasteiger partial charge on any atom is -0.298 e. The van der Waals surface area contributed by atoms with Crippen molar-refractivity contribution in [3.8, 4) is 0 Å². The lowest BCUT2D eigenvalue weighted by atomic mass is 10.2. The van der Waals surface area contributed by atoms with Gasteiger partial charge in [-0.15, -0.1) is 0 Å². The summed E-state index contributed by atoms with van der Waals surface area (Å²) in [5.74, 6) is 0. The van der Waals surface area contributed by atoms with Crippen LogP contribution in [0.25, 0.3) is 16.8 Å². The largest absolute Gasteiger partial charge is 0.298 e. The quantitative estimate of drug-likeness (QED) is 0.576. The molecule has 4 heterocycles. The third kappa shape index (κ3) is 1.95. The maximum Gasteiger partial charge on any atom is 0.193 e. The molecular weight excluding hydrogens is 336 g/mol. The van der Waals surface area contributed by atoms with Gasteiger partial charge in [0, 0.05) is 6.20 Å². The van der Waals surface area contributed by atoms with Crippen molar-refractivity contribution in [2.24, 2.45) is 0 Å². The van der Waals surface area contributed by atoms with Crippen molar-refractivity contribution in [3.63, 3.8) is 0 Å². The molecule has 1 N–H and O–H groups in total. The lowest BCUT2D eigenvalue weighted by Gasteiger charge is -2.14. The Balaban J connectivity index is 1.73. The average Bonchev–Trinajstić information content (AvgIpc) is 2.89. The molecule has 4 aromatic rings. The third-order valence-corrected chi connectivity index (χ3v) is 3.69. The first-order valence-corrected chi connectivity index (χ1v) is 7.02. The Kier molecular flexibility index (Phi) is 2.64. The van der Waals surface area contributed by atoms with Crippen molar-refractivity contribution in [2.75, 3.05) is 0 Å². The number of nitrogens with zero attached hydrogens (tertiary/aromatic N) is 5. The molecule has 0 aliphatic rings. The first kappa shape index (κ1) is 12.3. The molecule has 4 aromatic heterocycles. The van der Waals surface area contributed by atoms with Gasteiger partial charge >= 0.3 is 0 Å². The molecule has 21 heavy (non-hydrogen) atoms. The summed E-state index contributed by atoms with van der Waals surface area (Å²) in [7, 11) is 0. The Morgan fingerprint density at radius 2 is 2.29 bits per heavy atom. The minimum atomic E-state index is 0.580. The van der Waals surface area contributed by atoms with Gasteiger partial charge in [-0.1, -0.05) is 0 Å². The Hall–Kier alpha value is -2.48. The van der Waals surface area contributed by atoms with E-state index in [1.165, 1.54) is 0 Å². The van der Waals surface area contributed by atoms with Gasteiger partial charge in [-0.05, 0) is 33.6 Å². The second-order valence-corrected chi connectivity index (χ2v) is 5.46. The molecule has 0 saturated carbocycles. The van der Waals surface area contributed by atoms with E-state index >= 15 is 0 Å². The van der Waals surface area contributed by atoms with Crippen molar-refractivity contribution in [2.45, 2.75) is 6.54 Å². The molecule has 0 fully saturated rings. The number of rotatable bonds is 3. The summed E-state index contributed by atoms with van der Waals surface area (Å²) in [5.41, 5.74) is 3.98. The summed E-state index contributed by atoms with van der Waals surface area (Å²) in [4.78, 5) is 19.6. The molecule has 0 aliphatic heterocycles. The van der Waals surface area contributed by atoms with Crippen molar-refractivity contribution >= 4 is 39.0 Å². The maximum absolute atomic E-state index is 11.0. The number of hydrogen-bond acceptors (Lipinski definition) is 4. The van der Waals surface area contributed by atoms with Gasteiger partial charge in [0.1, 0.15) is 4.60 Å². The summed E-state index contributed by atoms with van der Waals surface area (Å²) in [5, 5.41) is 7.24. The normalized spacial score (nSPS) is 11.5. The van der Waals surface area contributed by atoms with E-state index in [1.807, 2.05) is 23.0 Å². The number of pyridine rings is 1. The van der Waals surface area contributed by atoms with Crippen LogP contribution < -0.4 is 0 Å². The van der Waals surface area contributed by atoms with Crippen LogP contribution in [0.3, 0.4) is 0 Å². The summed E-state index contributed by atoms with van der Waals surface area (Å²) in [6, 6.07) is 3.90. The zero-order valence-electron chi connectivity index (χ0n) is 10.7. The van der Waals surface area contributed by atoms with E-state index in [-0.39, 0.29) is 0 Å². The van der Waals surface area contributed by atoms with Crippen LogP contribution in [-0.4, -0.2) is 35.6 Å². The molecule has 104 valence electrons. The lowest BCUT2D eigenvalue weighted by molar-refractivity contribution is 0.112. The van der Waals surface area contributed by atoms with E-state index in [9.17, 15) is 4.79 Å². The topological polar surface area (TPSA) is 80.9 Å². The van der Waals surface area contributed by atoms with Gasteiger partial charge in [-0.2, -0.15) is 5.10 Å². The smallest absolute Gasteiger partial charge is 0.193 e. The monoisotopic (exact) mass is 344 g/mol. The van der Waals surface area contributed by atoms with E-state index in [0.717, 1.165) is 28.7 Å². The number of halogens is 1. The summed E-state index contributed by atoms with van der Waals surface area (Å²) < 4.78 is 4.28. The molecule has 0 bridgehead atoms. The summed E-state index contributed by atoms with van der Waals surface area (Å²) in [6.45, 7) is 0.623. The number of aldehydes is 1. The molecule has 0 aromatic carbocycles. The van der Waals surface area contributed by atoms with Crippen molar-refractivity contribution in [1.82, 2.24) is 29.4 Å². The maximum atomic E-state index is 11.0. The highest BCUT2D eigenvalue weighted by molar-refractivity contribution is 9.10. The SMILES string of the molecule is O=Cc1cnn2ccc(Cn3[nH]c4ncc(Br)nc43)cc12. The standard InChI is InChI=1S/C13H9BrN6O/c14-11-5-15-12-13(17-11)20(18-12)6-8-1-2-19-10(3-8)9(7-21)4-16-19/h1-5,7H,6H2,(H,15,18). The fraction of sp³-hybridized carbons (Fsp3) is 0.0769. The zero-order chi connectivity index (χ0) is 14.4. The Bertz CT molecular complexity index is 966. The number of aromatic nitrogens is 6. The van der Waals surface area contributed by atoms with Crippen molar-refractivity contribution < 1.29 is 4.79 Å². The molecule has 0 spiro atoms. The Morgan fingerprint density at radius 1 is 1.38 bits per heavy atom. The van der Waals surface area contributed by atoms with Crippen molar-refractivity contribution in [1.29, 1.82) is 0 Å². The highest BCUT2D eigenvalue weighted by Gasteiger charge is 2.10. The molecule has 7 nitrogen and oxygen atoms in total. The molecular formula is C13H9BrN6O. The molecule has 8 heteroatoms. The predicted octanol–water partition coefficient (Wildman–Crippen LogP) is 2.03. The van der Waals surface area contributed by atoms with Gasteiger partial charge in [0.05, 0.1) is 30.0 Å². The number of fused-ring (bicyclic) bond motifs is 2. The number of carbonyl (C=O) groups excluding carboxylic acids is 1. The molecule has 0 saturated heterocycles. The number of hydrogen-bond donors (Lipinski definition) is 1. The van der Waals surface area contributed by atoms with Gasteiger partial charge in [-0.3, -0.25) is 14.6 Å². The van der Waals surface area contributed by atoms with Crippen molar-refractivity contribution in [3.05, 3.63) is 46.5 Å². The summed E-state index contributed by atoms with van der Waals surface area (Å²) in [6.07, 6.45) is 5.86. The lowest BCUT2D eigenvalue weighted by Crippen LogP contribution is -2.14. The molecule has 0 atom stereocenters. The molecule has 0 aliphatic carbocycles. The van der Waals surface area contributed by atoms with Crippen LogP contribution in [0, 0.1) is 0 Å². The zero-order valence-corrected chi connectivity index (χ0v) is 12.3. The van der Waals surface area contributed by atoms with E-state index in [4.69, 9.17) is 0 Å². The van der Waals surface area contributed by atoms with E-state index < -0.39 is 0 Å². The number of carbonyl (C=O) groups is 1. The first-order chi connectivity index (χ1) is 10.2. The van der Waals surface area contributed by atoms with Crippen LogP contribution >= 0.6 is 15.9 Å². The van der Waals surface area contributed by atoms with E-state index in [2.05, 4.69) is 36.1 Å². The molecule has 0 radical (unpaired) electrons. The van der Waals surface area contributed by atoms with Crippen LogP contribution in [-0.2, 0) is 6.54 Å². The van der Waals surface area contributed by atoms with Crippen LogP contribution in [0.15, 0.2) is 35.3 Å². The predicted molar refractivity (Wildman–Crippen MR) is 79.3 cm³/mol. The second-order valence-electron chi connectivity index (χ2n) is 4.65. The van der Waals surface area contributed by atoms with Gasteiger partial charge in [0.25, 0.3) is 0 Å². The highest BCUT2D eigenvalue weighted by atomic mass is 79.9. The van der Waals surface area contributed by atoms with Gasteiger partial charge in [-0.25, -0.2) is 14.5 Å². The van der Waals surface area contributed by atoms with Crippen LogP contribution in [0.1, 0.15) is 15.9 Å². The van der Waals surface area contributed by atoms with Gasteiger partial charge in [0.2, 0.25) is 0 Å². The fourth-order valence-corrected chi connectivity index (χ4v) is 2.55. The first-order valence-electron chi connectivity index (χ1n) is 6.23. The molecule has 0 unspecified atom stereocenters. The highest BCUT2D eigenvalue weighted by Crippen LogP contribution is 2.17. The third-order valence-electron chi connectivity index (χ3n) is 3.30. The number of nitrogens with one attached hydrogen (secondary N) is 1. The fourth-order valence-electron chi connectivity index (χ4n) is 2.28. The van der Waals surface area contributed by atoms with Crippen LogP contribution in [0.5, 0.6) is 0 Å². The number of aromatic amines is 1. The van der Waals surface area contributed by atoms with E-state index in [0.29, 0.717) is 16.7 Å². The van der Waals surface area contributed by atoms with Gasteiger partial charge in [0.15, 0.2) is 17.6 Å². The Morgan fingerprint density at radius 3 is 3.14 bits per heavy atom. The summed E-state index contributed by atoms with van der Waals surface area (Å²) >= 11 is 3.31. The average molecular weight is 345 g/mol. The van der Waals surface area contributed by atoms with Crippen LogP contribution in [0.4, 0.5) is 0 Å². The van der Waals surface area contributed by atoms with Gasteiger partial charge < -0.3 is 0 Å². The van der Waals surface area contributed by atoms with Crippen LogP contribution in [0.2, 0.25) is 0 Å². The molecule has 0 amide bonds. The Labute approximate surface area is 126 Å².